The number of carboxylic acid groups (broad SMARTS) is 1. The van der Waals surface area contributed by atoms with Crippen molar-refractivity contribution in [1.82, 2.24) is 10.3 Å². The van der Waals surface area contributed by atoms with Crippen LogP contribution < -0.4 is 5.32 Å². The summed E-state index contributed by atoms with van der Waals surface area (Å²) in [6.07, 6.45) is 2.81. The topological polar surface area (TPSA) is 79.3 Å². The lowest BCUT2D eigenvalue weighted by Crippen LogP contribution is -2.60. The molecule has 1 aromatic heterocycles. The van der Waals surface area contributed by atoms with Gasteiger partial charge in [-0.15, -0.1) is 0 Å². The minimum atomic E-state index is -1.29. The Bertz CT molecular complexity index is 535. The van der Waals surface area contributed by atoms with Crippen LogP contribution in [0, 0.1) is 11.9 Å². The Balaban J connectivity index is 2.24. The zero-order valence-corrected chi connectivity index (χ0v) is 11.2. The average Bonchev–Trinajstić information content (AvgIpc) is 2.41. The molecular weight excluding hydrogens is 263 g/mol. The molecule has 6 heteroatoms. The summed E-state index contributed by atoms with van der Waals surface area (Å²) in [7, 11) is 0. The SMILES string of the molecule is CC1CCCCC1(NC(=O)c1cccc(F)n1)C(=O)O. The van der Waals surface area contributed by atoms with E-state index in [2.05, 4.69) is 10.3 Å². The van der Waals surface area contributed by atoms with Gasteiger partial charge in [-0.1, -0.05) is 25.8 Å². The smallest absolute Gasteiger partial charge is 0.329 e. The Hall–Kier alpha value is -1.98. The van der Waals surface area contributed by atoms with E-state index < -0.39 is 23.4 Å². The molecule has 108 valence electrons. The quantitative estimate of drug-likeness (QED) is 0.830. The van der Waals surface area contributed by atoms with E-state index in [9.17, 15) is 19.1 Å². The highest BCUT2D eigenvalue weighted by Gasteiger charge is 2.46. The van der Waals surface area contributed by atoms with Crippen molar-refractivity contribution in [2.75, 3.05) is 0 Å². The number of carbonyl (C=O) groups excluding carboxylic acids is 1. The zero-order valence-electron chi connectivity index (χ0n) is 11.2. The van der Waals surface area contributed by atoms with Gasteiger partial charge in [0.2, 0.25) is 5.95 Å². The van der Waals surface area contributed by atoms with Gasteiger partial charge in [-0.05, 0) is 30.9 Å². The third kappa shape index (κ3) is 2.64. The van der Waals surface area contributed by atoms with E-state index in [0.29, 0.717) is 6.42 Å². The summed E-state index contributed by atoms with van der Waals surface area (Å²) in [6, 6.07) is 3.86. The highest BCUT2D eigenvalue weighted by molar-refractivity contribution is 5.96. The fourth-order valence-electron chi connectivity index (χ4n) is 2.71. The molecule has 1 heterocycles. The molecule has 20 heavy (non-hydrogen) atoms. The van der Waals surface area contributed by atoms with Crippen LogP contribution in [0.3, 0.4) is 0 Å². The van der Waals surface area contributed by atoms with Crippen LogP contribution in [0.5, 0.6) is 0 Å². The first-order valence-electron chi connectivity index (χ1n) is 6.64. The fourth-order valence-corrected chi connectivity index (χ4v) is 2.71. The van der Waals surface area contributed by atoms with Gasteiger partial charge in [0, 0.05) is 0 Å². The number of carbonyl (C=O) groups is 2. The number of aromatic nitrogens is 1. The molecule has 1 aromatic rings. The van der Waals surface area contributed by atoms with Crippen LogP contribution in [0.25, 0.3) is 0 Å². The number of pyridine rings is 1. The standard InChI is InChI=1S/C14H17FN2O3/c1-9-5-2-3-8-14(9,13(19)20)17-12(18)10-6-4-7-11(15)16-10/h4,6-7,9H,2-3,5,8H2,1H3,(H,17,18)(H,19,20). The van der Waals surface area contributed by atoms with E-state index >= 15 is 0 Å². The van der Waals surface area contributed by atoms with E-state index in [1.54, 1.807) is 0 Å². The molecule has 0 radical (unpaired) electrons. The number of amides is 1. The summed E-state index contributed by atoms with van der Waals surface area (Å²) in [4.78, 5) is 27.2. The van der Waals surface area contributed by atoms with E-state index in [1.165, 1.54) is 12.1 Å². The fraction of sp³-hybridized carbons (Fsp3) is 0.500. The van der Waals surface area contributed by atoms with Gasteiger partial charge in [0.1, 0.15) is 11.2 Å². The number of carboxylic acids is 1. The molecule has 0 aromatic carbocycles. The van der Waals surface area contributed by atoms with Gasteiger partial charge in [-0.3, -0.25) is 4.79 Å². The maximum atomic E-state index is 13.0. The Morgan fingerprint density at radius 3 is 2.80 bits per heavy atom. The van der Waals surface area contributed by atoms with Gasteiger partial charge < -0.3 is 10.4 Å². The van der Waals surface area contributed by atoms with Crippen molar-refractivity contribution >= 4 is 11.9 Å². The summed E-state index contributed by atoms with van der Waals surface area (Å²) in [6.45, 7) is 1.81. The first-order chi connectivity index (χ1) is 9.45. The summed E-state index contributed by atoms with van der Waals surface area (Å²) in [5.74, 6) is -2.64. The molecule has 1 saturated carbocycles. The van der Waals surface area contributed by atoms with Crippen molar-refractivity contribution in [3.05, 3.63) is 29.8 Å². The normalized spacial score (nSPS) is 26.0. The second-order valence-corrected chi connectivity index (χ2v) is 5.22. The number of rotatable bonds is 3. The van der Waals surface area contributed by atoms with Crippen LogP contribution in [0.1, 0.15) is 43.1 Å². The molecule has 1 aliphatic carbocycles. The molecule has 2 unspecified atom stereocenters. The van der Waals surface area contributed by atoms with Crippen molar-refractivity contribution in [2.45, 2.75) is 38.1 Å². The molecule has 2 atom stereocenters. The predicted molar refractivity (Wildman–Crippen MR) is 69.7 cm³/mol. The van der Waals surface area contributed by atoms with Gasteiger partial charge in [0.15, 0.2) is 0 Å². The highest BCUT2D eigenvalue weighted by Crippen LogP contribution is 2.34. The number of aliphatic carboxylic acids is 1. The van der Waals surface area contributed by atoms with Crippen molar-refractivity contribution in [1.29, 1.82) is 0 Å². The van der Waals surface area contributed by atoms with Gasteiger partial charge in [0.25, 0.3) is 5.91 Å². The monoisotopic (exact) mass is 280 g/mol. The second-order valence-electron chi connectivity index (χ2n) is 5.22. The van der Waals surface area contributed by atoms with E-state index in [0.717, 1.165) is 25.3 Å². The number of nitrogens with one attached hydrogen (secondary N) is 1. The minimum Gasteiger partial charge on any atom is -0.479 e. The summed E-state index contributed by atoms with van der Waals surface area (Å²) < 4.78 is 13.0. The predicted octanol–water partition coefficient (Wildman–Crippen LogP) is 1.98. The van der Waals surface area contributed by atoms with E-state index in [4.69, 9.17) is 0 Å². The Kier molecular flexibility index (Phi) is 4.01. The van der Waals surface area contributed by atoms with Crippen molar-refractivity contribution in [2.24, 2.45) is 5.92 Å². The Morgan fingerprint density at radius 1 is 1.45 bits per heavy atom. The highest BCUT2D eigenvalue weighted by atomic mass is 19.1. The molecule has 1 aliphatic rings. The van der Waals surface area contributed by atoms with E-state index in [1.807, 2.05) is 6.92 Å². The Labute approximate surface area is 116 Å². The lowest BCUT2D eigenvalue weighted by molar-refractivity contribution is -0.148. The maximum Gasteiger partial charge on any atom is 0.329 e. The maximum absolute atomic E-state index is 13.0. The molecule has 0 spiro atoms. The molecule has 2 N–H and O–H groups in total. The van der Waals surface area contributed by atoms with Crippen molar-refractivity contribution in [3.8, 4) is 0 Å². The van der Waals surface area contributed by atoms with Crippen LogP contribution in [0.2, 0.25) is 0 Å². The van der Waals surface area contributed by atoms with Crippen LogP contribution in [-0.4, -0.2) is 27.5 Å². The zero-order chi connectivity index (χ0) is 14.8. The van der Waals surface area contributed by atoms with Crippen LogP contribution >= 0.6 is 0 Å². The summed E-state index contributed by atoms with van der Waals surface area (Å²) >= 11 is 0. The number of halogens is 1. The third-order valence-corrected chi connectivity index (χ3v) is 3.97. The lowest BCUT2D eigenvalue weighted by Gasteiger charge is -2.39. The van der Waals surface area contributed by atoms with Gasteiger partial charge in [-0.25, -0.2) is 9.78 Å². The van der Waals surface area contributed by atoms with Crippen LogP contribution in [-0.2, 0) is 4.79 Å². The summed E-state index contributed by atoms with van der Waals surface area (Å²) in [5.41, 5.74) is -1.40. The molecular formula is C14H17FN2O3. The van der Waals surface area contributed by atoms with Crippen molar-refractivity contribution in [3.63, 3.8) is 0 Å². The van der Waals surface area contributed by atoms with E-state index in [-0.39, 0.29) is 11.6 Å². The number of nitrogens with zero attached hydrogens (tertiary/aromatic N) is 1. The average molecular weight is 280 g/mol. The van der Waals surface area contributed by atoms with Gasteiger partial charge in [0.05, 0.1) is 0 Å². The first kappa shape index (κ1) is 14.4. The third-order valence-electron chi connectivity index (χ3n) is 3.97. The second kappa shape index (κ2) is 5.56. The molecule has 1 amide bonds. The molecule has 2 rings (SSSR count). The number of hydrogen-bond donors (Lipinski definition) is 2. The molecule has 5 nitrogen and oxygen atoms in total. The van der Waals surface area contributed by atoms with Crippen LogP contribution in [0.4, 0.5) is 4.39 Å². The summed E-state index contributed by atoms with van der Waals surface area (Å²) in [5, 5.41) is 12.1. The van der Waals surface area contributed by atoms with Gasteiger partial charge >= 0.3 is 5.97 Å². The Morgan fingerprint density at radius 2 is 2.20 bits per heavy atom. The molecule has 0 aliphatic heterocycles. The van der Waals surface area contributed by atoms with Gasteiger partial charge in [-0.2, -0.15) is 4.39 Å². The molecule has 0 bridgehead atoms. The van der Waals surface area contributed by atoms with Crippen LogP contribution in [0.15, 0.2) is 18.2 Å². The largest absolute Gasteiger partial charge is 0.479 e. The molecule has 1 fully saturated rings. The lowest BCUT2D eigenvalue weighted by atomic mass is 9.73. The minimum absolute atomic E-state index is 0.108. The number of hydrogen-bond acceptors (Lipinski definition) is 3. The first-order valence-corrected chi connectivity index (χ1v) is 6.64. The molecule has 0 saturated heterocycles. The van der Waals surface area contributed by atoms with Crippen molar-refractivity contribution < 1.29 is 19.1 Å².